The third kappa shape index (κ3) is 3.94. The zero-order valence-electron chi connectivity index (χ0n) is 20.5. The monoisotopic (exact) mass is 501 g/mol. The Labute approximate surface area is 217 Å². The molecule has 1 fully saturated rings. The van der Waals surface area contributed by atoms with Crippen LogP contribution in [0.15, 0.2) is 73.1 Å². The predicted octanol–water partition coefficient (Wildman–Crippen LogP) is 5.59. The summed E-state index contributed by atoms with van der Waals surface area (Å²) >= 11 is 0. The molecule has 9 heteroatoms. The Morgan fingerprint density at radius 3 is 2.71 bits per heavy atom. The molecule has 3 N–H and O–H groups in total. The van der Waals surface area contributed by atoms with Gasteiger partial charge in [0.25, 0.3) is 0 Å². The first-order chi connectivity index (χ1) is 18.7. The van der Waals surface area contributed by atoms with E-state index in [-0.39, 0.29) is 11.8 Å². The molecular formula is C29H23N7O2. The van der Waals surface area contributed by atoms with Crippen LogP contribution in [0, 0.1) is 5.92 Å². The number of hydrogen-bond acceptors (Lipinski definition) is 6. The average molecular weight is 502 g/mol. The van der Waals surface area contributed by atoms with E-state index >= 15 is 0 Å². The molecule has 1 saturated carbocycles. The molecule has 4 heterocycles. The fraction of sp³-hybridized carbons (Fsp3) is 0.138. The third-order valence-corrected chi connectivity index (χ3v) is 6.78. The van der Waals surface area contributed by atoms with Gasteiger partial charge in [-0.15, -0.1) is 0 Å². The van der Waals surface area contributed by atoms with Crippen LogP contribution in [0.1, 0.15) is 12.8 Å². The van der Waals surface area contributed by atoms with Gasteiger partial charge in [-0.25, -0.2) is 9.97 Å². The van der Waals surface area contributed by atoms with Crippen LogP contribution in [0.5, 0.6) is 5.75 Å². The van der Waals surface area contributed by atoms with Gasteiger partial charge in [0.2, 0.25) is 5.91 Å². The van der Waals surface area contributed by atoms with Crippen molar-refractivity contribution in [1.82, 2.24) is 30.1 Å². The van der Waals surface area contributed by atoms with Crippen molar-refractivity contribution in [1.29, 1.82) is 0 Å². The van der Waals surface area contributed by atoms with Crippen LogP contribution in [0.25, 0.3) is 56.0 Å². The summed E-state index contributed by atoms with van der Waals surface area (Å²) in [5, 5.41) is 10.6. The number of nitrogens with zero attached hydrogens (tertiary/aromatic N) is 4. The number of pyridine rings is 2. The van der Waals surface area contributed by atoms with E-state index in [1.165, 1.54) is 0 Å². The van der Waals surface area contributed by atoms with Crippen molar-refractivity contribution in [3.63, 3.8) is 0 Å². The predicted molar refractivity (Wildman–Crippen MR) is 146 cm³/mol. The molecule has 0 aliphatic heterocycles. The maximum atomic E-state index is 12.2. The number of carbonyl (C=O) groups is 1. The Morgan fingerprint density at radius 2 is 1.84 bits per heavy atom. The van der Waals surface area contributed by atoms with Crippen molar-refractivity contribution in [2.24, 2.45) is 5.92 Å². The number of imidazole rings is 1. The summed E-state index contributed by atoms with van der Waals surface area (Å²) < 4.78 is 5.41. The highest BCUT2D eigenvalue weighted by Crippen LogP contribution is 2.34. The number of ether oxygens (including phenoxy) is 1. The Balaban J connectivity index is 1.28. The van der Waals surface area contributed by atoms with Crippen molar-refractivity contribution in [3.05, 3.63) is 73.1 Å². The number of nitrogens with one attached hydrogen (secondary N) is 3. The van der Waals surface area contributed by atoms with Gasteiger partial charge in [0.15, 0.2) is 11.5 Å². The zero-order valence-corrected chi connectivity index (χ0v) is 20.5. The minimum atomic E-state index is 0.0442. The minimum Gasteiger partial charge on any atom is -0.497 e. The average Bonchev–Trinajstić information content (AvgIpc) is 3.59. The number of H-pyrrole nitrogens is 2. The molecule has 0 spiro atoms. The number of aromatic amines is 2. The van der Waals surface area contributed by atoms with Gasteiger partial charge >= 0.3 is 0 Å². The number of aromatic nitrogens is 6. The first-order valence-electron chi connectivity index (χ1n) is 12.4. The summed E-state index contributed by atoms with van der Waals surface area (Å²) in [4.78, 5) is 29.8. The molecule has 1 amide bonds. The molecule has 0 unspecified atom stereocenters. The Hall–Kier alpha value is -5.05. The van der Waals surface area contributed by atoms with E-state index in [4.69, 9.17) is 14.7 Å². The lowest BCUT2D eigenvalue weighted by Crippen LogP contribution is -2.13. The highest BCUT2D eigenvalue weighted by Gasteiger charge is 2.29. The second-order valence-corrected chi connectivity index (χ2v) is 9.41. The van der Waals surface area contributed by atoms with Crippen molar-refractivity contribution < 1.29 is 9.53 Å². The number of carbonyl (C=O) groups excluding carboxylic acids is 1. The smallest absolute Gasteiger partial charge is 0.227 e. The van der Waals surface area contributed by atoms with Gasteiger partial charge in [-0.3, -0.25) is 14.9 Å². The van der Waals surface area contributed by atoms with Crippen LogP contribution in [-0.4, -0.2) is 43.2 Å². The largest absolute Gasteiger partial charge is 0.497 e. The molecule has 0 atom stereocenters. The molecule has 2 aromatic carbocycles. The lowest BCUT2D eigenvalue weighted by molar-refractivity contribution is -0.117. The number of rotatable bonds is 6. The molecule has 1 aliphatic rings. The molecule has 7 rings (SSSR count). The molecule has 0 saturated heterocycles. The van der Waals surface area contributed by atoms with Gasteiger partial charge in [-0.1, -0.05) is 24.3 Å². The number of methoxy groups -OCH3 is 1. The van der Waals surface area contributed by atoms with E-state index in [1.807, 2.05) is 60.7 Å². The lowest BCUT2D eigenvalue weighted by Gasteiger charge is -2.06. The quantitative estimate of drug-likeness (QED) is 0.274. The van der Waals surface area contributed by atoms with Crippen molar-refractivity contribution in [2.75, 3.05) is 12.4 Å². The van der Waals surface area contributed by atoms with Crippen LogP contribution in [0.2, 0.25) is 0 Å². The molecule has 0 bridgehead atoms. The van der Waals surface area contributed by atoms with E-state index in [1.54, 1.807) is 19.5 Å². The second-order valence-electron chi connectivity index (χ2n) is 9.41. The number of fused-ring (bicyclic) bond motifs is 2. The van der Waals surface area contributed by atoms with Crippen LogP contribution in [0.4, 0.5) is 5.69 Å². The first-order valence-corrected chi connectivity index (χ1v) is 12.4. The van der Waals surface area contributed by atoms with Crippen molar-refractivity contribution in [3.8, 4) is 39.7 Å². The van der Waals surface area contributed by atoms with Crippen molar-refractivity contribution in [2.45, 2.75) is 12.8 Å². The third-order valence-electron chi connectivity index (χ3n) is 6.78. The maximum Gasteiger partial charge on any atom is 0.227 e. The number of hydrogen-bond donors (Lipinski definition) is 3. The van der Waals surface area contributed by atoms with Gasteiger partial charge in [-0.05, 0) is 54.8 Å². The standard InChI is InChI=1S/C29H23N7O2/c1-38-20-5-2-4-17(13-20)21-6-3-7-23-25(21)34-28(33-23)27-26-24(35-36-27)11-10-22(32-26)18-12-19(15-30-14-18)31-29(37)16-8-9-16/h2-7,10-16H,8-9H2,1H3,(H,31,37)(H,33,34)(H,35,36). The van der Waals surface area contributed by atoms with Gasteiger partial charge in [-0.2, -0.15) is 5.10 Å². The van der Waals surface area contributed by atoms with Gasteiger partial charge in [0.1, 0.15) is 11.3 Å². The summed E-state index contributed by atoms with van der Waals surface area (Å²) in [5.74, 6) is 1.57. The van der Waals surface area contributed by atoms with Gasteiger partial charge < -0.3 is 15.0 Å². The fourth-order valence-electron chi connectivity index (χ4n) is 4.63. The van der Waals surface area contributed by atoms with E-state index in [2.05, 4.69) is 25.5 Å². The summed E-state index contributed by atoms with van der Waals surface area (Å²) in [5.41, 5.74) is 8.05. The second kappa shape index (κ2) is 8.81. The normalized spacial score (nSPS) is 13.2. The Kier molecular flexibility index (Phi) is 5.14. The van der Waals surface area contributed by atoms with Crippen LogP contribution < -0.4 is 10.1 Å². The molecule has 38 heavy (non-hydrogen) atoms. The topological polar surface area (TPSA) is 121 Å². The van der Waals surface area contributed by atoms with Crippen LogP contribution >= 0.6 is 0 Å². The number of anilines is 1. The Bertz CT molecular complexity index is 1830. The van der Waals surface area contributed by atoms with Crippen LogP contribution in [0.3, 0.4) is 0 Å². The van der Waals surface area contributed by atoms with Gasteiger partial charge in [0.05, 0.1) is 41.2 Å². The molecule has 0 radical (unpaired) electrons. The van der Waals surface area contributed by atoms with E-state index in [9.17, 15) is 4.79 Å². The highest BCUT2D eigenvalue weighted by atomic mass is 16.5. The number of para-hydroxylation sites is 1. The Morgan fingerprint density at radius 1 is 0.947 bits per heavy atom. The first kappa shape index (κ1) is 22.2. The minimum absolute atomic E-state index is 0.0442. The summed E-state index contributed by atoms with van der Waals surface area (Å²) in [6.45, 7) is 0. The molecule has 4 aromatic heterocycles. The maximum absolute atomic E-state index is 12.2. The molecule has 9 nitrogen and oxygen atoms in total. The SMILES string of the molecule is COc1cccc(-c2cccc3[nH]c(-c4n[nH]c5ccc(-c6cncc(NC(=O)C7CC7)c6)nc45)nc23)c1. The van der Waals surface area contributed by atoms with Crippen LogP contribution in [-0.2, 0) is 4.79 Å². The summed E-state index contributed by atoms with van der Waals surface area (Å²) in [6.07, 6.45) is 5.29. The summed E-state index contributed by atoms with van der Waals surface area (Å²) in [7, 11) is 1.66. The number of amides is 1. The van der Waals surface area contributed by atoms with E-state index in [0.29, 0.717) is 22.7 Å². The molecule has 1 aliphatic carbocycles. The molecule has 6 aromatic rings. The molecule has 186 valence electrons. The lowest BCUT2D eigenvalue weighted by atomic mass is 10.0. The zero-order chi connectivity index (χ0) is 25.6. The highest BCUT2D eigenvalue weighted by molar-refractivity contribution is 5.97. The van der Waals surface area contributed by atoms with Gasteiger partial charge in [0, 0.05) is 23.2 Å². The van der Waals surface area contributed by atoms with E-state index < -0.39 is 0 Å². The fourth-order valence-corrected chi connectivity index (χ4v) is 4.63. The molecular weight excluding hydrogens is 478 g/mol. The van der Waals surface area contributed by atoms with Crippen molar-refractivity contribution >= 4 is 33.7 Å². The number of benzene rings is 2. The summed E-state index contributed by atoms with van der Waals surface area (Å²) in [6, 6.07) is 19.7. The van der Waals surface area contributed by atoms with E-state index in [0.717, 1.165) is 57.5 Å².